The van der Waals surface area contributed by atoms with Crippen molar-refractivity contribution < 1.29 is 24.6 Å². The predicted octanol–water partition coefficient (Wildman–Crippen LogP) is -1.20. The molecule has 0 aromatic rings. The Morgan fingerprint density at radius 3 is 2.00 bits per heavy atom. The van der Waals surface area contributed by atoms with E-state index in [0.29, 0.717) is 4.90 Å². The van der Waals surface area contributed by atoms with Gasteiger partial charge in [-0.3, -0.25) is 9.59 Å². The van der Waals surface area contributed by atoms with Gasteiger partial charge in [0.2, 0.25) is 0 Å². The number of hydrogen-bond acceptors (Lipinski definition) is 3. The minimum absolute atomic E-state index is 0.0887. The number of carboxylic acid groups (broad SMARTS) is 2. The molecule has 0 bridgehead atoms. The zero-order valence-corrected chi connectivity index (χ0v) is 7.77. The number of rotatable bonds is 5. The van der Waals surface area contributed by atoms with Gasteiger partial charge < -0.3 is 20.4 Å². The van der Waals surface area contributed by atoms with E-state index in [1.165, 1.54) is 0 Å². The maximum absolute atomic E-state index is 11.2. The van der Waals surface area contributed by atoms with Crippen LogP contribution in [0.25, 0.3) is 0 Å². The fourth-order valence-electron chi connectivity index (χ4n) is 0.765. The highest BCUT2D eigenvalue weighted by molar-refractivity contribution is 5.84. The average molecular weight is 214 g/mol. The number of carbonyl (C=O) groups excluding carboxylic acids is 1. The van der Waals surface area contributed by atoms with Gasteiger partial charge in [0.25, 0.3) is 0 Å². The standard InChI is InChI=1S/C8H10N2O5/c1-2-3-9-8(15)10(4-6(11)12)5-7(13)14/h1H,3-5H2,(H,9,15)(H,11,12)(H,13,14). The highest BCUT2D eigenvalue weighted by Gasteiger charge is 2.18. The van der Waals surface area contributed by atoms with Gasteiger partial charge in [0, 0.05) is 0 Å². The van der Waals surface area contributed by atoms with E-state index in [1.54, 1.807) is 0 Å². The van der Waals surface area contributed by atoms with Crippen molar-refractivity contribution in [2.75, 3.05) is 19.6 Å². The van der Waals surface area contributed by atoms with Gasteiger partial charge in [0.05, 0.1) is 6.54 Å². The first kappa shape index (κ1) is 12.8. The molecule has 0 atom stereocenters. The minimum Gasteiger partial charge on any atom is -0.480 e. The number of aliphatic carboxylic acids is 2. The maximum Gasteiger partial charge on any atom is 0.323 e. The number of nitrogens with one attached hydrogen (secondary N) is 1. The van der Waals surface area contributed by atoms with E-state index in [4.69, 9.17) is 16.6 Å². The number of amides is 2. The van der Waals surface area contributed by atoms with E-state index < -0.39 is 31.1 Å². The quantitative estimate of drug-likeness (QED) is 0.498. The summed E-state index contributed by atoms with van der Waals surface area (Å²) in [6, 6.07) is -0.822. The summed E-state index contributed by atoms with van der Waals surface area (Å²) in [5.74, 6) is -0.491. The van der Waals surface area contributed by atoms with Gasteiger partial charge in [-0.15, -0.1) is 6.42 Å². The molecule has 0 aromatic carbocycles. The molecule has 0 heterocycles. The number of terminal acetylenes is 1. The number of carboxylic acids is 2. The van der Waals surface area contributed by atoms with Crippen LogP contribution < -0.4 is 5.32 Å². The molecule has 0 saturated carbocycles. The Bertz CT molecular complexity index is 291. The van der Waals surface area contributed by atoms with Crippen molar-refractivity contribution in [1.82, 2.24) is 10.2 Å². The van der Waals surface area contributed by atoms with Gasteiger partial charge in [-0.25, -0.2) is 4.79 Å². The van der Waals surface area contributed by atoms with Gasteiger partial charge in [-0.1, -0.05) is 5.92 Å². The van der Waals surface area contributed by atoms with Crippen LogP contribution in [0.1, 0.15) is 0 Å². The Hall–Kier alpha value is -2.23. The second-order valence-corrected chi connectivity index (χ2v) is 2.51. The average Bonchev–Trinajstić information content (AvgIpc) is 2.11. The van der Waals surface area contributed by atoms with E-state index in [-0.39, 0.29) is 6.54 Å². The molecule has 0 aliphatic carbocycles. The molecule has 0 unspecified atom stereocenters. The highest BCUT2D eigenvalue weighted by Crippen LogP contribution is 1.89. The van der Waals surface area contributed by atoms with Gasteiger partial charge in [0.15, 0.2) is 0 Å². The second-order valence-electron chi connectivity index (χ2n) is 2.51. The summed E-state index contributed by atoms with van der Waals surface area (Å²) < 4.78 is 0. The largest absolute Gasteiger partial charge is 0.480 e. The Morgan fingerprint density at radius 1 is 1.20 bits per heavy atom. The minimum atomic E-state index is -1.30. The van der Waals surface area contributed by atoms with Crippen molar-refractivity contribution in [2.45, 2.75) is 0 Å². The summed E-state index contributed by atoms with van der Waals surface area (Å²) in [7, 11) is 0. The third-order valence-corrected chi connectivity index (χ3v) is 1.28. The molecule has 0 fully saturated rings. The van der Waals surface area contributed by atoms with Crippen LogP contribution in [0.5, 0.6) is 0 Å². The molecule has 15 heavy (non-hydrogen) atoms. The second kappa shape index (κ2) is 6.26. The zero-order chi connectivity index (χ0) is 11.8. The lowest BCUT2D eigenvalue weighted by Gasteiger charge is -2.17. The summed E-state index contributed by atoms with van der Waals surface area (Å²) >= 11 is 0. The van der Waals surface area contributed by atoms with E-state index in [1.807, 2.05) is 0 Å². The molecule has 7 heteroatoms. The fraction of sp³-hybridized carbons (Fsp3) is 0.375. The number of carbonyl (C=O) groups is 3. The van der Waals surface area contributed by atoms with Gasteiger partial charge in [-0.2, -0.15) is 0 Å². The van der Waals surface area contributed by atoms with Crippen molar-refractivity contribution in [3.63, 3.8) is 0 Å². The Morgan fingerprint density at radius 2 is 1.67 bits per heavy atom. The van der Waals surface area contributed by atoms with Crippen molar-refractivity contribution in [1.29, 1.82) is 0 Å². The normalized spacial score (nSPS) is 8.73. The van der Waals surface area contributed by atoms with E-state index in [2.05, 4.69) is 11.2 Å². The summed E-state index contributed by atoms with van der Waals surface area (Å²) in [5, 5.41) is 19.0. The summed E-state index contributed by atoms with van der Waals surface area (Å²) in [6.07, 6.45) is 4.86. The van der Waals surface area contributed by atoms with E-state index in [9.17, 15) is 14.4 Å². The Kier molecular flexibility index (Phi) is 5.33. The molecule has 0 saturated heterocycles. The molecule has 7 nitrogen and oxygen atoms in total. The lowest BCUT2D eigenvalue weighted by atomic mass is 10.5. The molecule has 0 radical (unpaired) electrons. The van der Waals surface area contributed by atoms with Crippen molar-refractivity contribution in [2.24, 2.45) is 0 Å². The van der Waals surface area contributed by atoms with Crippen LogP contribution in [-0.2, 0) is 9.59 Å². The first-order valence-electron chi connectivity index (χ1n) is 3.87. The number of urea groups is 1. The third kappa shape index (κ3) is 5.93. The summed E-state index contributed by atoms with van der Waals surface area (Å²) in [6.45, 7) is -1.47. The van der Waals surface area contributed by atoms with Crippen LogP contribution >= 0.6 is 0 Å². The molecule has 0 aliphatic rings. The van der Waals surface area contributed by atoms with Crippen LogP contribution in [0.4, 0.5) is 4.79 Å². The Labute approximate surface area is 85.7 Å². The lowest BCUT2D eigenvalue weighted by molar-refractivity contribution is -0.140. The van der Waals surface area contributed by atoms with Crippen LogP contribution in [0, 0.1) is 12.3 Å². The lowest BCUT2D eigenvalue weighted by Crippen LogP contribution is -2.45. The van der Waals surface area contributed by atoms with Crippen molar-refractivity contribution in [3.05, 3.63) is 0 Å². The van der Waals surface area contributed by atoms with Crippen LogP contribution in [0.3, 0.4) is 0 Å². The molecular formula is C8H10N2O5. The fourth-order valence-corrected chi connectivity index (χ4v) is 0.765. The highest BCUT2D eigenvalue weighted by atomic mass is 16.4. The molecule has 3 N–H and O–H groups in total. The molecule has 0 aliphatic heterocycles. The van der Waals surface area contributed by atoms with E-state index in [0.717, 1.165) is 0 Å². The van der Waals surface area contributed by atoms with Gasteiger partial charge >= 0.3 is 18.0 Å². The predicted molar refractivity (Wildman–Crippen MR) is 49.1 cm³/mol. The molecule has 82 valence electrons. The van der Waals surface area contributed by atoms with Gasteiger partial charge in [0.1, 0.15) is 13.1 Å². The SMILES string of the molecule is C#CCNC(=O)N(CC(=O)O)CC(=O)O. The van der Waals surface area contributed by atoms with Gasteiger partial charge in [-0.05, 0) is 0 Å². The van der Waals surface area contributed by atoms with Crippen LogP contribution in [-0.4, -0.2) is 52.7 Å². The third-order valence-electron chi connectivity index (χ3n) is 1.28. The zero-order valence-electron chi connectivity index (χ0n) is 7.77. The molecule has 0 spiro atoms. The molecule has 0 aromatic heterocycles. The van der Waals surface area contributed by atoms with Crippen LogP contribution in [0.2, 0.25) is 0 Å². The van der Waals surface area contributed by atoms with E-state index >= 15 is 0 Å². The summed E-state index contributed by atoms with van der Waals surface area (Å²) in [4.78, 5) is 32.4. The number of hydrogen-bond donors (Lipinski definition) is 3. The summed E-state index contributed by atoms with van der Waals surface area (Å²) in [5.41, 5.74) is 0. The molecular weight excluding hydrogens is 204 g/mol. The van der Waals surface area contributed by atoms with Crippen molar-refractivity contribution in [3.8, 4) is 12.3 Å². The Balaban J connectivity index is 4.34. The monoisotopic (exact) mass is 214 g/mol. The smallest absolute Gasteiger partial charge is 0.323 e. The first-order chi connectivity index (χ1) is 6.97. The first-order valence-corrected chi connectivity index (χ1v) is 3.87. The molecule has 2 amide bonds. The molecule has 0 rings (SSSR count). The topological polar surface area (TPSA) is 107 Å². The van der Waals surface area contributed by atoms with Crippen LogP contribution in [0.15, 0.2) is 0 Å². The maximum atomic E-state index is 11.2. The number of nitrogens with zero attached hydrogens (tertiary/aromatic N) is 1. The van der Waals surface area contributed by atoms with Crippen molar-refractivity contribution >= 4 is 18.0 Å².